The Morgan fingerprint density at radius 2 is 1.83 bits per heavy atom. The highest BCUT2D eigenvalue weighted by Crippen LogP contribution is 2.19. The molecule has 3 N–H and O–H groups in total. The van der Waals surface area contributed by atoms with Gasteiger partial charge < -0.3 is 11.1 Å². The Hall–Kier alpha value is -1.91. The summed E-state index contributed by atoms with van der Waals surface area (Å²) >= 11 is 0. The third-order valence-electron chi connectivity index (χ3n) is 2.67. The van der Waals surface area contributed by atoms with Gasteiger partial charge in [0, 0.05) is 13.0 Å². The molecule has 0 fully saturated rings. The van der Waals surface area contributed by atoms with Crippen LogP contribution in [-0.2, 0) is 16.1 Å². The minimum absolute atomic E-state index is 0.0313. The quantitative estimate of drug-likeness (QED) is 0.830. The zero-order valence-corrected chi connectivity index (χ0v) is 10.5. The first-order valence-corrected chi connectivity index (χ1v) is 5.62. The van der Waals surface area contributed by atoms with E-state index in [1.807, 2.05) is 0 Å². The minimum atomic E-state index is -0.868. The van der Waals surface area contributed by atoms with Gasteiger partial charge in [0.15, 0.2) is 0 Å². The summed E-state index contributed by atoms with van der Waals surface area (Å²) in [6, 6.07) is 5.84. The average molecular weight is 252 g/mol. The molecule has 0 aliphatic carbocycles. The number of carbonyl (C=O) groups excluding carboxylic acids is 2. The van der Waals surface area contributed by atoms with E-state index in [9.17, 15) is 14.0 Å². The highest BCUT2D eigenvalue weighted by molar-refractivity contribution is 5.87. The Morgan fingerprint density at radius 1 is 1.28 bits per heavy atom. The molecule has 0 unspecified atom stereocenters. The van der Waals surface area contributed by atoms with E-state index in [4.69, 9.17) is 5.73 Å². The minimum Gasteiger partial charge on any atom is -0.369 e. The highest BCUT2D eigenvalue weighted by atomic mass is 19.1. The molecule has 0 atom stereocenters. The fraction of sp³-hybridized carbons (Fsp3) is 0.385. The van der Waals surface area contributed by atoms with Gasteiger partial charge in [-0.05, 0) is 17.7 Å². The van der Waals surface area contributed by atoms with Crippen LogP contribution in [0.4, 0.5) is 4.39 Å². The molecule has 0 aromatic heterocycles. The zero-order chi connectivity index (χ0) is 13.8. The van der Waals surface area contributed by atoms with Crippen LogP contribution in [0.3, 0.4) is 0 Å². The lowest BCUT2D eigenvalue weighted by atomic mass is 9.88. The molecular weight excluding hydrogens is 235 g/mol. The first-order valence-electron chi connectivity index (χ1n) is 5.62. The fourth-order valence-corrected chi connectivity index (χ4v) is 1.35. The number of rotatable bonds is 5. The van der Waals surface area contributed by atoms with E-state index in [2.05, 4.69) is 5.32 Å². The van der Waals surface area contributed by atoms with Gasteiger partial charge in [0.05, 0.1) is 5.41 Å². The van der Waals surface area contributed by atoms with Crippen LogP contribution in [0, 0.1) is 11.2 Å². The van der Waals surface area contributed by atoms with Gasteiger partial charge in [-0.15, -0.1) is 0 Å². The summed E-state index contributed by atoms with van der Waals surface area (Å²) in [5.41, 5.74) is 5.11. The Bertz CT molecular complexity index is 441. The van der Waals surface area contributed by atoms with Crippen LogP contribution in [0.2, 0.25) is 0 Å². The van der Waals surface area contributed by atoms with Crippen LogP contribution in [-0.4, -0.2) is 11.8 Å². The average Bonchev–Trinajstić information content (AvgIpc) is 2.27. The Balaban J connectivity index is 2.47. The van der Waals surface area contributed by atoms with Crippen molar-refractivity contribution in [1.82, 2.24) is 5.32 Å². The van der Waals surface area contributed by atoms with Gasteiger partial charge in [0.1, 0.15) is 5.82 Å². The van der Waals surface area contributed by atoms with E-state index in [1.54, 1.807) is 26.0 Å². The van der Waals surface area contributed by atoms with Crippen molar-refractivity contribution in [3.05, 3.63) is 35.6 Å². The topological polar surface area (TPSA) is 72.2 Å². The summed E-state index contributed by atoms with van der Waals surface area (Å²) in [6.07, 6.45) is 0.0313. The summed E-state index contributed by atoms with van der Waals surface area (Å²) in [7, 11) is 0. The molecule has 98 valence electrons. The summed E-state index contributed by atoms with van der Waals surface area (Å²) in [5.74, 6) is -1.09. The summed E-state index contributed by atoms with van der Waals surface area (Å²) in [6.45, 7) is 3.54. The van der Waals surface area contributed by atoms with E-state index in [0.717, 1.165) is 5.56 Å². The second-order valence-electron chi connectivity index (χ2n) is 4.83. The van der Waals surface area contributed by atoms with E-state index in [1.165, 1.54) is 12.1 Å². The van der Waals surface area contributed by atoms with Crippen LogP contribution < -0.4 is 11.1 Å². The molecule has 0 heterocycles. The Labute approximate surface area is 105 Å². The van der Waals surface area contributed by atoms with Gasteiger partial charge in [-0.25, -0.2) is 4.39 Å². The molecule has 0 aliphatic rings. The van der Waals surface area contributed by atoms with Crippen molar-refractivity contribution in [3.8, 4) is 0 Å². The normalized spacial score (nSPS) is 11.1. The van der Waals surface area contributed by atoms with Gasteiger partial charge >= 0.3 is 0 Å². The van der Waals surface area contributed by atoms with E-state index < -0.39 is 11.3 Å². The third kappa shape index (κ3) is 4.16. The molecule has 0 saturated carbocycles. The second-order valence-corrected chi connectivity index (χ2v) is 4.83. The lowest BCUT2D eigenvalue weighted by Gasteiger charge is -2.19. The van der Waals surface area contributed by atoms with Crippen molar-refractivity contribution >= 4 is 11.8 Å². The first-order chi connectivity index (χ1) is 8.31. The zero-order valence-electron chi connectivity index (χ0n) is 10.5. The van der Waals surface area contributed by atoms with Crippen LogP contribution in [0.15, 0.2) is 24.3 Å². The molecule has 0 saturated heterocycles. The standard InChI is InChI=1S/C13H17FN2O2/c1-13(2,12(15)18)7-11(17)16-8-9-3-5-10(14)6-4-9/h3-6H,7-8H2,1-2H3,(H2,15,18)(H,16,17). The summed E-state index contributed by atoms with van der Waals surface area (Å²) in [4.78, 5) is 22.7. The number of halogens is 1. The highest BCUT2D eigenvalue weighted by Gasteiger charge is 2.27. The van der Waals surface area contributed by atoms with Crippen LogP contribution in [0.5, 0.6) is 0 Å². The molecular formula is C13H17FN2O2. The number of nitrogens with two attached hydrogens (primary N) is 1. The molecule has 1 aromatic carbocycles. The molecule has 2 amide bonds. The SMILES string of the molecule is CC(C)(CC(=O)NCc1ccc(F)cc1)C(N)=O. The fourth-order valence-electron chi connectivity index (χ4n) is 1.35. The van der Waals surface area contributed by atoms with Gasteiger partial charge in [-0.2, -0.15) is 0 Å². The Kier molecular flexibility index (Phi) is 4.42. The maximum atomic E-state index is 12.7. The number of nitrogens with one attached hydrogen (secondary N) is 1. The van der Waals surface area contributed by atoms with E-state index in [0.29, 0.717) is 6.54 Å². The predicted octanol–water partition coefficient (Wildman–Crippen LogP) is 1.34. The van der Waals surface area contributed by atoms with Gasteiger partial charge in [0.25, 0.3) is 0 Å². The van der Waals surface area contributed by atoms with E-state index >= 15 is 0 Å². The van der Waals surface area contributed by atoms with Crippen molar-refractivity contribution in [2.75, 3.05) is 0 Å². The van der Waals surface area contributed by atoms with Gasteiger partial charge in [-0.1, -0.05) is 26.0 Å². The summed E-state index contributed by atoms with van der Waals surface area (Å²) < 4.78 is 12.7. The molecule has 4 nitrogen and oxygen atoms in total. The van der Waals surface area contributed by atoms with Crippen molar-refractivity contribution in [2.45, 2.75) is 26.8 Å². The van der Waals surface area contributed by atoms with Gasteiger partial charge in [0.2, 0.25) is 11.8 Å². The molecule has 18 heavy (non-hydrogen) atoms. The monoisotopic (exact) mass is 252 g/mol. The smallest absolute Gasteiger partial charge is 0.223 e. The molecule has 0 aliphatic heterocycles. The van der Waals surface area contributed by atoms with E-state index in [-0.39, 0.29) is 18.1 Å². The Morgan fingerprint density at radius 3 is 2.33 bits per heavy atom. The number of hydrogen-bond donors (Lipinski definition) is 2. The van der Waals surface area contributed by atoms with Crippen molar-refractivity contribution in [3.63, 3.8) is 0 Å². The molecule has 0 spiro atoms. The number of hydrogen-bond acceptors (Lipinski definition) is 2. The molecule has 1 aromatic rings. The number of benzene rings is 1. The maximum Gasteiger partial charge on any atom is 0.223 e. The molecule has 5 heteroatoms. The number of amides is 2. The molecule has 0 bridgehead atoms. The van der Waals surface area contributed by atoms with Crippen molar-refractivity contribution in [1.29, 1.82) is 0 Å². The van der Waals surface area contributed by atoms with Crippen LogP contribution in [0.1, 0.15) is 25.8 Å². The second kappa shape index (κ2) is 5.62. The lowest BCUT2D eigenvalue weighted by molar-refractivity contribution is -0.132. The van der Waals surface area contributed by atoms with Crippen LogP contribution in [0.25, 0.3) is 0 Å². The lowest BCUT2D eigenvalue weighted by Crippen LogP contribution is -2.37. The summed E-state index contributed by atoms with van der Waals surface area (Å²) in [5, 5.41) is 2.66. The van der Waals surface area contributed by atoms with Crippen molar-refractivity contribution in [2.24, 2.45) is 11.1 Å². The first kappa shape index (κ1) is 14.2. The third-order valence-corrected chi connectivity index (χ3v) is 2.67. The maximum absolute atomic E-state index is 12.7. The molecule has 1 rings (SSSR count). The van der Waals surface area contributed by atoms with Gasteiger partial charge in [-0.3, -0.25) is 9.59 Å². The van der Waals surface area contributed by atoms with Crippen LogP contribution >= 0.6 is 0 Å². The number of primary amides is 1. The molecule has 0 radical (unpaired) electrons. The van der Waals surface area contributed by atoms with Crippen molar-refractivity contribution < 1.29 is 14.0 Å². The predicted molar refractivity (Wildman–Crippen MR) is 65.8 cm³/mol. The number of carbonyl (C=O) groups is 2. The largest absolute Gasteiger partial charge is 0.369 e.